The highest BCUT2D eigenvalue weighted by Gasteiger charge is 2.25. The van der Waals surface area contributed by atoms with Crippen molar-refractivity contribution in [3.63, 3.8) is 0 Å². The van der Waals surface area contributed by atoms with Gasteiger partial charge in [-0.3, -0.25) is 0 Å². The molecule has 0 fully saturated rings. The van der Waals surface area contributed by atoms with Crippen molar-refractivity contribution in [2.24, 2.45) is 9.98 Å². The third-order valence-corrected chi connectivity index (χ3v) is 11.4. The van der Waals surface area contributed by atoms with Gasteiger partial charge in [0.15, 0.2) is 5.84 Å². The van der Waals surface area contributed by atoms with Gasteiger partial charge in [0, 0.05) is 42.1 Å². The normalized spacial score (nSPS) is 14.7. The van der Waals surface area contributed by atoms with Crippen molar-refractivity contribution in [2.75, 3.05) is 0 Å². The second kappa shape index (κ2) is 11.5. The van der Waals surface area contributed by atoms with E-state index in [0.717, 1.165) is 55.4 Å². The Morgan fingerprint density at radius 2 is 1.12 bits per heavy atom. The van der Waals surface area contributed by atoms with Crippen molar-refractivity contribution in [1.82, 2.24) is 5.32 Å². The van der Waals surface area contributed by atoms with E-state index in [1.807, 2.05) is 11.3 Å². The summed E-state index contributed by atoms with van der Waals surface area (Å²) in [5.74, 6) is 1.45. The first kappa shape index (κ1) is 29.2. The molecule has 52 heavy (non-hydrogen) atoms. The molecule has 1 atom stereocenters. The molecule has 1 aliphatic heterocycles. The van der Waals surface area contributed by atoms with Crippen LogP contribution in [0.1, 0.15) is 22.9 Å². The molecule has 244 valence electrons. The van der Waals surface area contributed by atoms with Crippen LogP contribution < -0.4 is 5.32 Å². The van der Waals surface area contributed by atoms with E-state index in [-0.39, 0.29) is 6.17 Å². The average Bonchev–Trinajstić information content (AvgIpc) is 3.79. The summed E-state index contributed by atoms with van der Waals surface area (Å²) in [4.78, 5) is 10.6. The van der Waals surface area contributed by atoms with Crippen molar-refractivity contribution in [3.8, 4) is 11.1 Å². The number of nitrogens with one attached hydrogen (secondary N) is 1. The van der Waals surface area contributed by atoms with Crippen molar-refractivity contribution in [1.29, 1.82) is 0 Å². The lowest BCUT2D eigenvalue weighted by Gasteiger charge is -2.24. The zero-order valence-corrected chi connectivity index (χ0v) is 28.7. The summed E-state index contributed by atoms with van der Waals surface area (Å²) in [6, 6.07) is 57.9. The van der Waals surface area contributed by atoms with Crippen molar-refractivity contribution >= 4 is 86.7 Å². The molecule has 0 spiro atoms. The van der Waals surface area contributed by atoms with Crippen LogP contribution in [0.15, 0.2) is 178 Å². The number of hydrogen-bond donors (Lipinski definition) is 1. The van der Waals surface area contributed by atoms with Crippen LogP contribution in [0.25, 0.3) is 74.8 Å². The summed E-state index contributed by atoms with van der Waals surface area (Å²) in [5.41, 5.74) is 7.04. The van der Waals surface area contributed by atoms with E-state index in [4.69, 9.17) is 14.4 Å². The Hall–Kier alpha value is -6.56. The quantitative estimate of drug-likeness (QED) is 0.201. The predicted octanol–water partition coefficient (Wildman–Crippen LogP) is 12.4. The summed E-state index contributed by atoms with van der Waals surface area (Å²) < 4.78 is 9.20. The molecule has 0 amide bonds. The Bertz CT molecular complexity index is 3130. The van der Waals surface area contributed by atoms with Crippen LogP contribution in [0.4, 0.5) is 0 Å². The lowest BCUT2D eigenvalue weighted by molar-refractivity contribution is 0.668. The minimum absolute atomic E-state index is 0.350. The molecular weight excluding hydrogens is 655 g/mol. The molecule has 1 aliphatic rings. The fourth-order valence-corrected chi connectivity index (χ4v) is 9.01. The standard InChI is InChI=1S/C47H29N3OS/c1-3-12-30-26-32(24-22-28(30)10-1)45-48-46(33-25-23-29-11-2-4-13-31(29)27-33)50-47(49-45)37-17-8-19-39-44(37)43-35(15-7-18-38(43)51-39)34-16-9-21-41-42(34)36-14-5-6-20-40(36)52-41/h1-27,45H,(H,48,49,50). The summed E-state index contributed by atoms with van der Waals surface area (Å²) in [7, 11) is 0. The number of aliphatic imine (C=N–C) groups is 2. The number of thiophene rings is 1. The maximum atomic E-state index is 6.64. The van der Waals surface area contributed by atoms with Gasteiger partial charge in [-0.1, -0.05) is 127 Å². The number of rotatable bonds is 4. The number of hydrogen-bond acceptors (Lipinski definition) is 5. The van der Waals surface area contributed by atoms with Gasteiger partial charge in [-0.25, -0.2) is 9.98 Å². The predicted molar refractivity (Wildman–Crippen MR) is 219 cm³/mol. The fraction of sp³-hybridized carbons (Fsp3) is 0.0213. The van der Waals surface area contributed by atoms with Crippen molar-refractivity contribution < 1.29 is 4.42 Å². The molecule has 8 aromatic carbocycles. The first-order valence-electron chi connectivity index (χ1n) is 17.5. The van der Waals surface area contributed by atoms with E-state index in [2.05, 4.69) is 169 Å². The van der Waals surface area contributed by atoms with Gasteiger partial charge in [-0.15, -0.1) is 11.3 Å². The van der Waals surface area contributed by atoms with E-state index in [1.165, 1.54) is 41.9 Å². The molecule has 11 rings (SSSR count). The summed E-state index contributed by atoms with van der Waals surface area (Å²) in [6.07, 6.45) is -0.350. The Balaban J connectivity index is 1.14. The first-order chi connectivity index (χ1) is 25.7. The number of amidine groups is 2. The highest BCUT2D eigenvalue weighted by molar-refractivity contribution is 7.25. The number of furan rings is 1. The van der Waals surface area contributed by atoms with Crippen LogP contribution in [0.3, 0.4) is 0 Å². The van der Waals surface area contributed by atoms with Gasteiger partial charge >= 0.3 is 0 Å². The van der Waals surface area contributed by atoms with Gasteiger partial charge in [0.25, 0.3) is 0 Å². The molecule has 0 saturated heterocycles. The minimum atomic E-state index is -0.350. The highest BCUT2D eigenvalue weighted by Crippen LogP contribution is 2.44. The second-order valence-electron chi connectivity index (χ2n) is 13.4. The Kier molecular flexibility index (Phi) is 6.45. The molecule has 0 radical (unpaired) electrons. The summed E-state index contributed by atoms with van der Waals surface area (Å²) in [6.45, 7) is 0. The van der Waals surface area contributed by atoms with Gasteiger partial charge in [-0.05, 0) is 74.6 Å². The van der Waals surface area contributed by atoms with E-state index in [1.54, 1.807) is 0 Å². The van der Waals surface area contributed by atoms with Gasteiger partial charge < -0.3 is 9.73 Å². The molecule has 5 heteroatoms. The Morgan fingerprint density at radius 1 is 0.500 bits per heavy atom. The van der Waals surface area contributed by atoms with Gasteiger partial charge in [0.2, 0.25) is 0 Å². The number of nitrogens with zero attached hydrogens (tertiary/aromatic N) is 2. The third kappa shape index (κ3) is 4.60. The van der Waals surface area contributed by atoms with Crippen molar-refractivity contribution in [2.45, 2.75) is 6.17 Å². The SMILES string of the molecule is c1ccc2cc(C3=NC(c4ccc5ccccc5c4)NC(c4cccc5oc6cccc(-c7cccc8sc9ccccc9c78)c6c45)=N3)ccc2c1. The first-order valence-corrected chi connectivity index (χ1v) is 18.3. The van der Waals surface area contributed by atoms with Crippen LogP contribution >= 0.6 is 11.3 Å². The van der Waals surface area contributed by atoms with Crippen LogP contribution in [0.5, 0.6) is 0 Å². The summed E-state index contributed by atoms with van der Waals surface area (Å²) >= 11 is 1.84. The molecule has 0 saturated carbocycles. The Labute approximate surface area is 303 Å². The molecule has 0 aliphatic carbocycles. The molecule has 1 unspecified atom stereocenters. The molecule has 4 nitrogen and oxygen atoms in total. The molecule has 10 aromatic rings. The maximum Gasteiger partial charge on any atom is 0.159 e. The van der Waals surface area contributed by atoms with E-state index < -0.39 is 0 Å². The number of fused-ring (bicyclic) bond motifs is 8. The fourth-order valence-electron chi connectivity index (χ4n) is 7.88. The van der Waals surface area contributed by atoms with E-state index >= 15 is 0 Å². The minimum Gasteiger partial charge on any atom is -0.456 e. The molecule has 1 N–H and O–H groups in total. The van der Waals surface area contributed by atoms with Gasteiger partial charge in [0.1, 0.15) is 23.2 Å². The van der Waals surface area contributed by atoms with Crippen LogP contribution in [-0.2, 0) is 0 Å². The lowest BCUT2D eigenvalue weighted by atomic mass is 9.94. The average molecular weight is 684 g/mol. The topological polar surface area (TPSA) is 49.9 Å². The van der Waals surface area contributed by atoms with Gasteiger partial charge in [0.05, 0.1) is 0 Å². The molecule has 0 bridgehead atoms. The highest BCUT2D eigenvalue weighted by atomic mass is 32.1. The molecule has 3 heterocycles. The van der Waals surface area contributed by atoms with E-state index in [9.17, 15) is 0 Å². The maximum absolute atomic E-state index is 6.64. The second-order valence-corrected chi connectivity index (χ2v) is 14.4. The molecule has 2 aromatic heterocycles. The monoisotopic (exact) mass is 683 g/mol. The smallest absolute Gasteiger partial charge is 0.159 e. The van der Waals surface area contributed by atoms with E-state index in [0.29, 0.717) is 5.84 Å². The number of benzene rings is 8. The lowest BCUT2D eigenvalue weighted by Crippen LogP contribution is -2.33. The third-order valence-electron chi connectivity index (χ3n) is 10.3. The zero-order chi connectivity index (χ0) is 34.2. The zero-order valence-electron chi connectivity index (χ0n) is 27.9. The van der Waals surface area contributed by atoms with Gasteiger partial charge in [-0.2, -0.15) is 0 Å². The van der Waals surface area contributed by atoms with Crippen LogP contribution in [0.2, 0.25) is 0 Å². The largest absolute Gasteiger partial charge is 0.456 e. The Morgan fingerprint density at radius 3 is 1.92 bits per heavy atom. The van der Waals surface area contributed by atoms with Crippen LogP contribution in [-0.4, -0.2) is 11.7 Å². The molecular formula is C47H29N3OS. The van der Waals surface area contributed by atoms with Crippen molar-refractivity contribution in [3.05, 3.63) is 180 Å². The van der Waals surface area contributed by atoms with Crippen LogP contribution in [0, 0.1) is 0 Å². The summed E-state index contributed by atoms with van der Waals surface area (Å²) in [5, 5.41) is 13.1.